The standard InChI is InChI=1S/C20H14ClN3O3S/c21-14-2-1-8-22-17(14)13-10-15-16(19(27)18(13)26)20(28-24-15)23-12-5-3-11(4-6-12)7-9-25/h1-6,8-10,23,26-27H,7H2. The molecule has 6 nitrogen and oxygen atoms in total. The van der Waals surface area contributed by atoms with Gasteiger partial charge < -0.3 is 20.3 Å². The third-order valence-corrected chi connectivity index (χ3v) is 5.34. The van der Waals surface area contributed by atoms with Crippen molar-refractivity contribution in [2.45, 2.75) is 6.42 Å². The summed E-state index contributed by atoms with van der Waals surface area (Å²) in [5.74, 6) is -0.597. The van der Waals surface area contributed by atoms with Crippen LogP contribution in [0.15, 0.2) is 48.7 Å². The van der Waals surface area contributed by atoms with E-state index in [1.165, 1.54) is 0 Å². The largest absolute Gasteiger partial charge is 0.504 e. The Morgan fingerprint density at radius 2 is 1.93 bits per heavy atom. The Balaban J connectivity index is 1.75. The van der Waals surface area contributed by atoms with Crippen molar-refractivity contribution in [1.82, 2.24) is 9.36 Å². The van der Waals surface area contributed by atoms with Crippen molar-refractivity contribution < 1.29 is 15.0 Å². The molecule has 0 aliphatic rings. The fraction of sp³-hybridized carbons (Fsp3) is 0.0500. The van der Waals surface area contributed by atoms with E-state index in [1.54, 1.807) is 24.4 Å². The number of carbonyl (C=O) groups is 1. The topological polar surface area (TPSA) is 95.3 Å². The van der Waals surface area contributed by atoms with Crippen LogP contribution in [0.2, 0.25) is 5.02 Å². The smallest absolute Gasteiger partial charge is 0.170 e. The molecule has 0 bridgehead atoms. The van der Waals surface area contributed by atoms with Gasteiger partial charge >= 0.3 is 0 Å². The van der Waals surface area contributed by atoms with Crippen LogP contribution in [0.1, 0.15) is 5.56 Å². The molecule has 0 aliphatic carbocycles. The molecule has 0 spiro atoms. The number of nitrogens with zero attached hydrogens (tertiary/aromatic N) is 2. The van der Waals surface area contributed by atoms with Crippen LogP contribution >= 0.6 is 23.1 Å². The number of pyridine rings is 1. The molecule has 0 unspecified atom stereocenters. The zero-order valence-electron chi connectivity index (χ0n) is 14.4. The lowest BCUT2D eigenvalue weighted by atomic mass is 10.1. The van der Waals surface area contributed by atoms with Crippen molar-refractivity contribution in [2.24, 2.45) is 0 Å². The van der Waals surface area contributed by atoms with Gasteiger partial charge in [-0.2, -0.15) is 4.37 Å². The van der Waals surface area contributed by atoms with Gasteiger partial charge in [-0.15, -0.1) is 0 Å². The van der Waals surface area contributed by atoms with Gasteiger partial charge in [-0.25, -0.2) is 0 Å². The van der Waals surface area contributed by atoms with Crippen LogP contribution in [0.5, 0.6) is 11.5 Å². The molecule has 0 amide bonds. The van der Waals surface area contributed by atoms with Crippen molar-refractivity contribution in [2.75, 3.05) is 5.32 Å². The van der Waals surface area contributed by atoms with E-state index in [0.29, 0.717) is 38.6 Å². The van der Waals surface area contributed by atoms with Gasteiger partial charge in [0.1, 0.15) is 11.3 Å². The molecule has 0 radical (unpaired) electrons. The number of benzene rings is 2. The van der Waals surface area contributed by atoms with Crippen molar-refractivity contribution in [1.29, 1.82) is 0 Å². The Hall–Kier alpha value is -3.16. The molecule has 2 aromatic heterocycles. The summed E-state index contributed by atoms with van der Waals surface area (Å²) < 4.78 is 4.37. The monoisotopic (exact) mass is 411 g/mol. The Labute approximate surface area is 169 Å². The molecule has 8 heteroatoms. The summed E-state index contributed by atoms with van der Waals surface area (Å²) >= 11 is 7.34. The van der Waals surface area contributed by atoms with Crippen LogP contribution in [0.25, 0.3) is 22.2 Å². The molecule has 2 heterocycles. The third kappa shape index (κ3) is 3.26. The lowest BCUT2D eigenvalue weighted by Gasteiger charge is -2.10. The number of aldehydes is 1. The molecule has 2 aromatic carbocycles. The first-order valence-electron chi connectivity index (χ1n) is 8.33. The zero-order chi connectivity index (χ0) is 19.7. The highest BCUT2D eigenvalue weighted by atomic mass is 35.5. The maximum atomic E-state index is 10.6. The van der Waals surface area contributed by atoms with Crippen LogP contribution in [-0.2, 0) is 11.2 Å². The summed E-state index contributed by atoms with van der Waals surface area (Å²) in [4.78, 5) is 14.8. The van der Waals surface area contributed by atoms with E-state index >= 15 is 0 Å². The van der Waals surface area contributed by atoms with Gasteiger partial charge in [-0.1, -0.05) is 23.7 Å². The summed E-state index contributed by atoms with van der Waals surface area (Å²) in [6, 6.07) is 12.4. The summed E-state index contributed by atoms with van der Waals surface area (Å²) in [5, 5.41) is 25.7. The van der Waals surface area contributed by atoms with Gasteiger partial charge in [0, 0.05) is 23.9 Å². The number of hydrogen-bond acceptors (Lipinski definition) is 7. The van der Waals surface area contributed by atoms with Crippen LogP contribution in [0, 0.1) is 0 Å². The number of nitrogens with one attached hydrogen (secondary N) is 1. The summed E-state index contributed by atoms with van der Waals surface area (Å²) in [6.07, 6.45) is 2.77. The Morgan fingerprint density at radius 3 is 2.64 bits per heavy atom. The lowest BCUT2D eigenvalue weighted by Crippen LogP contribution is -1.91. The molecule has 140 valence electrons. The lowest BCUT2D eigenvalue weighted by molar-refractivity contribution is -0.107. The normalized spacial score (nSPS) is 10.9. The number of carbonyl (C=O) groups excluding carboxylic acids is 1. The zero-order valence-corrected chi connectivity index (χ0v) is 16.0. The number of aromatic nitrogens is 2. The van der Waals surface area contributed by atoms with Gasteiger partial charge in [0.05, 0.1) is 21.6 Å². The van der Waals surface area contributed by atoms with Crippen molar-refractivity contribution in [3.63, 3.8) is 0 Å². The molecule has 0 aliphatic heterocycles. The van der Waals surface area contributed by atoms with E-state index in [4.69, 9.17) is 11.6 Å². The second-order valence-corrected chi connectivity index (χ2v) is 7.23. The van der Waals surface area contributed by atoms with Gasteiger partial charge in [-0.3, -0.25) is 4.98 Å². The third-order valence-electron chi connectivity index (χ3n) is 4.26. The fourth-order valence-electron chi connectivity index (χ4n) is 2.88. The van der Waals surface area contributed by atoms with Crippen molar-refractivity contribution in [3.8, 4) is 22.8 Å². The average Bonchev–Trinajstić information content (AvgIpc) is 3.10. The Morgan fingerprint density at radius 1 is 1.14 bits per heavy atom. The second kappa shape index (κ2) is 7.46. The fourth-order valence-corrected chi connectivity index (χ4v) is 3.90. The van der Waals surface area contributed by atoms with Crippen LogP contribution in [-0.4, -0.2) is 25.9 Å². The molecule has 3 N–H and O–H groups in total. The minimum Gasteiger partial charge on any atom is -0.504 e. The van der Waals surface area contributed by atoms with Crippen LogP contribution < -0.4 is 5.32 Å². The quantitative estimate of drug-likeness (QED) is 0.319. The van der Waals surface area contributed by atoms with E-state index in [2.05, 4.69) is 14.7 Å². The van der Waals surface area contributed by atoms with Gasteiger partial charge in [0.2, 0.25) is 0 Å². The van der Waals surface area contributed by atoms with E-state index in [-0.39, 0.29) is 11.5 Å². The highest BCUT2D eigenvalue weighted by Crippen LogP contribution is 2.47. The number of aromatic hydroxyl groups is 2. The maximum Gasteiger partial charge on any atom is 0.170 e. The van der Waals surface area contributed by atoms with Crippen LogP contribution in [0.3, 0.4) is 0 Å². The maximum absolute atomic E-state index is 10.6. The van der Waals surface area contributed by atoms with Gasteiger partial charge in [0.25, 0.3) is 0 Å². The molecule has 0 fully saturated rings. The molecule has 0 saturated carbocycles. The van der Waals surface area contributed by atoms with E-state index < -0.39 is 0 Å². The number of halogens is 1. The minimum absolute atomic E-state index is 0.289. The summed E-state index contributed by atoms with van der Waals surface area (Å²) in [7, 11) is 0. The minimum atomic E-state index is -0.308. The van der Waals surface area contributed by atoms with E-state index in [0.717, 1.165) is 29.1 Å². The molecule has 28 heavy (non-hydrogen) atoms. The van der Waals surface area contributed by atoms with Crippen LogP contribution in [0.4, 0.5) is 10.7 Å². The average molecular weight is 412 g/mol. The summed E-state index contributed by atoms with van der Waals surface area (Å²) in [5.41, 5.74) is 2.87. The first-order chi connectivity index (χ1) is 13.6. The number of anilines is 2. The Bertz CT molecular complexity index is 1180. The van der Waals surface area contributed by atoms with Crippen molar-refractivity contribution in [3.05, 3.63) is 59.2 Å². The molecule has 4 aromatic rings. The molecule has 0 saturated heterocycles. The van der Waals surface area contributed by atoms with Gasteiger partial charge in [0.15, 0.2) is 11.5 Å². The number of hydrogen-bond donors (Lipinski definition) is 3. The number of phenolic OH excluding ortho intramolecular Hbond substituents is 2. The van der Waals surface area contributed by atoms with Gasteiger partial charge in [-0.05, 0) is 47.4 Å². The Kier molecular flexibility index (Phi) is 4.85. The van der Waals surface area contributed by atoms with E-state index in [1.807, 2.05) is 24.3 Å². The van der Waals surface area contributed by atoms with E-state index in [9.17, 15) is 15.0 Å². The number of phenols is 2. The first kappa shape index (κ1) is 18.2. The predicted molar refractivity (Wildman–Crippen MR) is 111 cm³/mol. The molecular weight excluding hydrogens is 398 g/mol. The highest BCUT2D eigenvalue weighted by Gasteiger charge is 2.21. The molecule has 4 rings (SSSR count). The molecular formula is C20H14ClN3O3S. The van der Waals surface area contributed by atoms with Crippen molar-refractivity contribution >= 4 is 51.0 Å². The molecule has 0 atom stereocenters. The highest BCUT2D eigenvalue weighted by molar-refractivity contribution is 7.12. The SMILES string of the molecule is O=CCc1ccc(Nc2snc3cc(-c4ncccc4Cl)c(O)c(O)c23)cc1. The number of rotatable bonds is 5. The summed E-state index contributed by atoms with van der Waals surface area (Å²) in [6.45, 7) is 0. The predicted octanol–water partition coefficient (Wildman–Crippen LogP) is 4.91. The first-order valence-corrected chi connectivity index (χ1v) is 9.48. The second-order valence-electron chi connectivity index (χ2n) is 6.05. The number of fused-ring (bicyclic) bond motifs is 1.